The molecule has 124 valence electrons. The molecule has 0 saturated carbocycles. The normalized spacial score (nSPS) is 16.1. The highest BCUT2D eigenvalue weighted by Crippen LogP contribution is 2.30. The molecule has 0 spiro atoms. The molecule has 0 bridgehead atoms. The first kappa shape index (κ1) is 16.5. The molecule has 0 saturated heterocycles. The molecule has 1 heterocycles. The molecule has 1 atom stereocenters. The van der Waals surface area contributed by atoms with E-state index in [0.29, 0.717) is 6.54 Å². The van der Waals surface area contributed by atoms with Crippen molar-refractivity contribution >= 4 is 12.0 Å². The summed E-state index contributed by atoms with van der Waals surface area (Å²) < 4.78 is 5.84. The molecule has 2 aromatic carbocycles. The van der Waals surface area contributed by atoms with Crippen molar-refractivity contribution < 1.29 is 9.53 Å². The van der Waals surface area contributed by atoms with E-state index < -0.39 is 5.91 Å². The quantitative estimate of drug-likeness (QED) is 0.688. The summed E-state index contributed by atoms with van der Waals surface area (Å²) in [5, 5.41) is 12.1. The Labute approximate surface area is 147 Å². The largest absolute Gasteiger partial charge is 0.485 e. The minimum Gasteiger partial charge on any atom is -0.485 e. The van der Waals surface area contributed by atoms with Gasteiger partial charge in [-0.2, -0.15) is 5.26 Å². The monoisotopic (exact) mass is 330 g/mol. The molecule has 4 heteroatoms. The number of fused-ring (bicyclic) bond motifs is 1. The Balaban J connectivity index is 1.77. The lowest BCUT2D eigenvalue weighted by Gasteiger charge is -2.23. The number of rotatable bonds is 4. The summed E-state index contributed by atoms with van der Waals surface area (Å²) in [6.07, 6.45) is 3.33. The van der Waals surface area contributed by atoms with E-state index in [9.17, 15) is 10.1 Å². The third kappa shape index (κ3) is 3.96. The predicted octanol–water partition coefficient (Wildman–Crippen LogP) is 3.62. The van der Waals surface area contributed by atoms with Crippen molar-refractivity contribution in [2.45, 2.75) is 19.6 Å². The van der Waals surface area contributed by atoms with Gasteiger partial charge in [-0.25, -0.2) is 0 Å². The fourth-order valence-corrected chi connectivity index (χ4v) is 2.61. The summed E-state index contributed by atoms with van der Waals surface area (Å²) in [5.74, 6) is 0.414. The number of amides is 1. The molecule has 4 nitrogen and oxygen atoms in total. The molecule has 1 N–H and O–H groups in total. The Morgan fingerprint density at radius 2 is 1.92 bits per heavy atom. The van der Waals surface area contributed by atoms with Crippen LogP contribution >= 0.6 is 0 Å². The first-order valence-electron chi connectivity index (χ1n) is 8.08. The molecule has 2 aromatic rings. The first-order chi connectivity index (χ1) is 12.2. The van der Waals surface area contributed by atoms with E-state index in [0.717, 1.165) is 22.4 Å². The van der Waals surface area contributed by atoms with E-state index in [1.165, 1.54) is 0 Å². The summed E-state index contributed by atoms with van der Waals surface area (Å²) in [5.41, 5.74) is 2.78. The highest BCUT2D eigenvalue weighted by Gasteiger charge is 2.19. The maximum atomic E-state index is 12.3. The summed E-state index contributed by atoms with van der Waals surface area (Å²) in [6, 6.07) is 19.2. The van der Waals surface area contributed by atoms with E-state index >= 15 is 0 Å². The van der Waals surface area contributed by atoms with E-state index in [1.807, 2.05) is 73.7 Å². The van der Waals surface area contributed by atoms with Gasteiger partial charge in [0.1, 0.15) is 23.5 Å². The van der Waals surface area contributed by atoms with Crippen LogP contribution in [0.15, 0.2) is 71.8 Å². The Bertz CT molecular complexity index is 876. The van der Waals surface area contributed by atoms with E-state index in [2.05, 4.69) is 5.32 Å². The van der Waals surface area contributed by atoms with Crippen molar-refractivity contribution in [3.05, 3.63) is 82.9 Å². The minimum absolute atomic E-state index is 0.0667. The average molecular weight is 330 g/mol. The van der Waals surface area contributed by atoms with Gasteiger partial charge < -0.3 is 10.1 Å². The van der Waals surface area contributed by atoms with Crippen LogP contribution in [-0.4, -0.2) is 12.0 Å². The molecule has 25 heavy (non-hydrogen) atoms. The van der Waals surface area contributed by atoms with Crippen LogP contribution in [0.2, 0.25) is 0 Å². The van der Waals surface area contributed by atoms with Gasteiger partial charge in [0.25, 0.3) is 5.91 Å². The Morgan fingerprint density at radius 1 is 1.20 bits per heavy atom. The molecular weight excluding hydrogens is 312 g/mol. The highest BCUT2D eigenvalue weighted by atomic mass is 16.5. The van der Waals surface area contributed by atoms with Gasteiger partial charge in [-0.1, -0.05) is 48.5 Å². The number of ether oxygens (including phenoxy) is 1. The van der Waals surface area contributed by atoms with Crippen LogP contribution in [0.3, 0.4) is 0 Å². The second-order valence-corrected chi connectivity index (χ2v) is 5.78. The maximum Gasteiger partial charge on any atom is 0.262 e. The van der Waals surface area contributed by atoms with Gasteiger partial charge in [-0.05, 0) is 36.3 Å². The molecule has 3 rings (SSSR count). The smallest absolute Gasteiger partial charge is 0.262 e. The van der Waals surface area contributed by atoms with Gasteiger partial charge in [-0.15, -0.1) is 0 Å². The number of para-hydroxylation sites is 1. The van der Waals surface area contributed by atoms with Crippen molar-refractivity contribution in [3.8, 4) is 11.8 Å². The van der Waals surface area contributed by atoms with Gasteiger partial charge in [0.2, 0.25) is 0 Å². The lowest BCUT2D eigenvalue weighted by molar-refractivity contribution is -0.117. The van der Waals surface area contributed by atoms with Crippen molar-refractivity contribution in [1.29, 1.82) is 5.26 Å². The summed E-state index contributed by atoms with van der Waals surface area (Å²) >= 11 is 0. The lowest BCUT2D eigenvalue weighted by atomic mass is 10.0. The van der Waals surface area contributed by atoms with Crippen molar-refractivity contribution in [2.75, 3.05) is 0 Å². The molecule has 0 aromatic heterocycles. The number of carbonyl (C=O) groups excluding carboxylic acids is 1. The van der Waals surface area contributed by atoms with Gasteiger partial charge in [0, 0.05) is 12.1 Å². The topological polar surface area (TPSA) is 62.1 Å². The van der Waals surface area contributed by atoms with Crippen LogP contribution in [0, 0.1) is 11.3 Å². The number of benzene rings is 2. The number of nitriles is 1. The summed E-state index contributed by atoms with van der Waals surface area (Å²) in [4.78, 5) is 12.3. The van der Waals surface area contributed by atoms with E-state index in [-0.39, 0.29) is 11.7 Å². The number of nitrogens with one attached hydrogen (secondary N) is 1. The zero-order chi connectivity index (χ0) is 17.6. The fourth-order valence-electron chi connectivity index (χ4n) is 2.61. The second-order valence-electron chi connectivity index (χ2n) is 5.78. The standard InChI is InChI=1S/C21H18N2O2/c1-15-18(11-17-9-5-6-10-20(17)25-15)12-19(13-22)21(24)23-14-16-7-3-2-4-8-16/h2-12,15H,14H2,1H3,(H,23,24). The highest BCUT2D eigenvalue weighted by molar-refractivity contribution is 5.98. The molecule has 1 unspecified atom stereocenters. The Hall–Kier alpha value is -3.32. The summed E-state index contributed by atoms with van der Waals surface area (Å²) in [6.45, 7) is 2.28. The van der Waals surface area contributed by atoms with Crippen molar-refractivity contribution in [2.24, 2.45) is 0 Å². The van der Waals surface area contributed by atoms with E-state index in [1.54, 1.807) is 6.08 Å². The lowest BCUT2D eigenvalue weighted by Crippen LogP contribution is -2.25. The first-order valence-corrected chi connectivity index (χ1v) is 8.08. The van der Waals surface area contributed by atoms with Crippen LogP contribution in [0.25, 0.3) is 6.08 Å². The fraction of sp³-hybridized carbons (Fsp3) is 0.143. The summed E-state index contributed by atoms with van der Waals surface area (Å²) in [7, 11) is 0. The van der Waals surface area contributed by atoms with E-state index in [4.69, 9.17) is 4.74 Å². The zero-order valence-corrected chi connectivity index (χ0v) is 13.9. The van der Waals surface area contributed by atoms with Crippen LogP contribution < -0.4 is 10.1 Å². The minimum atomic E-state index is -0.390. The van der Waals surface area contributed by atoms with Gasteiger partial charge in [-0.3, -0.25) is 4.79 Å². The van der Waals surface area contributed by atoms with Gasteiger partial charge >= 0.3 is 0 Å². The number of hydrogen-bond acceptors (Lipinski definition) is 3. The number of carbonyl (C=O) groups is 1. The zero-order valence-electron chi connectivity index (χ0n) is 13.9. The van der Waals surface area contributed by atoms with Gasteiger partial charge in [0.15, 0.2) is 0 Å². The molecular formula is C21H18N2O2. The molecule has 1 aliphatic rings. The third-order valence-electron chi connectivity index (χ3n) is 3.99. The average Bonchev–Trinajstić information content (AvgIpc) is 2.65. The molecule has 0 aliphatic carbocycles. The predicted molar refractivity (Wildman–Crippen MR) is 96.5 cm³/mol. The van der Waals surface area contributed by atoms with Crippen molar-refractivity contribution in [3.63, 3.8) is 0 Å². The Morgan fingerprint density at radius 3 is 2.68 bits per heavy atom. The molecule has 0 radical (unpaired) electrons. The molecule has 1 aliphatic heterocycles. The van der Waals surface area contributed by atoms with Crippen LogP contribution in [-0.2, 0) is 11.3 Å². The molecule has 1 amide bonds. The SMILES string of the molecule is CC1Oc2ccccc2C=C1C=C(C#N)C(=O)NCc1ccccc1. The van der Waals surface area contributed by atoms with Crippen LogP contribution in [0.4, 0.5) is 0 Å². The van der Waals surface area contributed by atoms with Crippen LogP contribution in [0.5, 0.6) is 5.75 Å². The third-order valence-corrected chi connectivity index (χ3v) is 3.99. The van der Waals surface area contributed by atoms with Crippen molar-refractivity contribution in [1.82, 2.24) is 5.32 Å². The molecule has 0 fully saturated rings. The van der Waals surface area contributed by atoms with Crippen LogP contribution in [0.1, 0.15) is 18.1 Å². The Kier molecular flexibility index (Phi) is 4.96. The van der Waals surface area contributed by atoms with Gasteiger partial charge in [0.05, 0.1) is 0 Å². The maximum absolute atomic E-state index is 12.3. The number of hydrogen-bond donors (Lipinski definition) is 1. The number of nitrogens with zero attached hydrogens (tertiary/aromatic N) is 1. The second kappa shape index (κ2) is 7.50.